The minimum absolute atomic E-state index is 0.0709. The van der Waals surface area contributed by atoms with E-state index in [4.69, 9.17) is 34.8 Å². The molecule has 0 fully saturated rings. The molecule has 0 radical (unpaired) electrons. The number of benzene rings is 3. The van der Waals surface area contributed by atoms with Crippen LogP contribution < -0.4 is 9.62 Å². The first kappa shape index (κ1) is 34.5. The van der Waals surface area contributed by atoms with Crippen molar-refractivity contribution < 1.29 is 31.2 Å². The average molecular weight is 679 g/mol. The maximum atomic E-state index is 14.0. The number of amides is 2. The van der Waals surface area contributed by atoms with E-state index in [0.717, 1.165) is 24.0 Å². The summed E-state index contributed by atoms with van der Waals surface area (Å²) in [6, 6.07) is 14.9. The molecule has 3 aromatic carbocycles. The Hall–Kier alpha value is -2.99. The zero-order chi connectivity index (χ0) is 31.9. The molecule has 0 unspecified atom stereocenters. The van der Waals surface area contributed by atoms with Crippen molar-refractivity contribution in [2.75, 3.05) is 23.7 Å². The normalized spacial score (nSPS) is 12.5. The Morgan fingerprint density at radius 2 is 1.56 bits per heavy atom. The Morgan fingerprint density at radius 1 is 0.907 bits per heavy atom. The van der Waals surface area contributed by atoms with Gasteiger partial charge in [-0.1, -0.05) is 78.1 Å². The Labute approximate surface area is 263 Å². The van der Waals surface area contributed by atoms with E-state index in [1.165, 1.54) is 17.0 Å². The summed E-state index contributed by atoms with van der Waals surface area (Å²) < 4.78 is 67.0. The number of rotatable bonds is 12. The maximum Gasteiger partial charge on any atom is 0.417 e. The zero-order valence-corrected chi connectivity index (χ0v) is 26.3. The number of anilines is 1. The molecule has 1 atom stereocenters. The fourth-order valence-corrected chi connectivity index (χ4v) is 5.64. The number of nitrogens with one attached hydrogen (secondary N) is 1. The Balaban J connectivity index is 2.11. The fourth-order valence-electron chi connectivity index (χ4n) is 4.25. The van der Waals surface area contributed by atoms with Gasteiger partial charge in [-0.25, -0.2) is 8.42 Å². The van der Waals surface area contributed by atoms with E-state index in [2.05, 4.69) is 5.32 Å². The molecule has 1 N–H and O–H groups in total. The van der Waals surface area contributed by atoms with Crippen molar-refractivity contribution in [3.63, 3.8) is 0 Å². The summed E-state index contributed by atoms with van der Waals surface area (Å²) in [6.07, 6.45) is -3.43. The van der Waals surface area contributed by atoms with Gasteiger partial charge in [0.05, 0.1) is 32.6 Å². The molecule has 3 aromatic rings. The second-order valence-electron chi connectivity index (χ2n) is 9.70. The molecule has 0 aromatic heterocycles. The summed E-state index contributed by atoms with van der Waals surface area (Å²) in [5.41, 5.74) is -0.474. The topological polar surface area (TPSA) is 86.8 Å². The number of nitrogens with zero attached hydrogens (tertiary/aromatic N) is 2. The minimum atomic E-state index is -4.88. The SMILES string of the molecule is CCCNC(=O)[C@H](Cc1ccccc1)N(Cc1ccc(Cl)c(Cl)c1)C(=O)CN(c1ccc(Cl)c(C(F)(F)F)c1)S(C)(=O)=O. The fraction of sp³-hybridized carbons (Fsp3) is 0.310. The molecule has 3 rings (SSSR count). The van der Waals surface area contributed by atoms with E-state index in [1.807, 2.05) is 6.92 Å². The quantitative estimate of drug-likeness (QED) is 0.234. The van der Waals surface area contributed by atoms with Gasteiger partial charge >= 0.3 is 6.18 Å². The number of carbonyl (C=O) groups excluding carboxylic acids is 2. The highest BCUT2D eigenvalue weighted by atomic mass is 35.5. The predicted octanol–water partition coefficient (Wildman–Crippen LogP) is 6.60. The molecule has 0 aliphatic rings. The summed E-state index contributed by atoms with van der Waals surface area (Å²) in [4.78, 5) is 28.7. The number of hydrogen-bond donors (Lipinski definition) is 1. The van der Waals surface area contributed by atoms with Crippen molar-refractivity contribution in [1.29, 1.82) is 0 Å². The highest BCUT2D eigenvalue weighted by Gasteiger charge is 2.36. The van der Waals surface area contributed by atoms with E-state index in [9.17, 15) is 31.2 Å². The first-order valence-corrected chi connectivity index (χ1v) is 16.0. The van der Waals surface area contributed by atoms with Crippen LogP contribution in [-0.2, 0) is 38.8 Å². The van der Waals surface area contributed by atoms with Gasteiger partial charge in [0.25, 0.3) is 0 Å². The van der Waals surface area contributed by atoms with E-state index < -0.39 is 56.9 Å². The number of hydrogen-bond acceptors (Lipinski definition) is 4. The second-order valence-corrected chi connectivity index (χ2v) is 12.8. The van der Waals surface area contributed by atoms with Crippen LogP contribution >= 0.6 is 34.8 Å². The molecule has 0 aliphatic carbocycles. The standard InChI is InChI=1S/C29H29Cl3F3N3O4S/c1-3-13-36-28(40)26(15-19-7-5-4-6-8-19)37(17-20-9-11-24(31)25(32)14-20)27(39)18-38(43(2,41)42)21-10-12-23(30)22(16-21)29(33,34)35/h4-12,14,16,26H,3,13,15,17-18H2,1-2H3,(H,36,40)/t26-/m0/s1. The molecule has 0 aliphatic heterocycles. The van der Waals surface area contributed by atoms with Crippen molar-refractivity contribution in [3.05, 3.63) is 98.5 Å². The second kappa shape index (κ2) is 14.7. The van der Waals surface area contributed by atoms with Crippen LogP contribution in [0.4, 0.5) is 18.9 Å². The maximum absolute atomic E-state index is 14.0. The molecular formula is C29H29Cl3F3N3O4S. The third-order valence-corrected chi connectivity index (χ3v) is 8.59. The molecule has 0 spiro atoms. The van der Waals surface area contributed by atoms with Crippen molar-refractivity contribution in [1.82, 2.24) is 10.2 Å². The van der Waals surface area contributed by atoms with Crippen molar-refractivity contribution in [2.45, 2.75) is 38.5 Å². The van der Waals surface area contributed by atoms with Gasteiger partial charge in [-0.15, -0.1) is 0 Å². The summed E-state index contributed by atoms with van der Waals surface area (Å²) >= 11 is 18.0. The first-order chi connectivity index (χ1) is 20.1. The predicted molar refractivity (Wildman–Crippen MR) is 163 cm³/mol. The van der Waals surface area contributed by atoms with Gasteiger partial charge in [-0.3, -0.25) is 13.9 Å². The van der Waals surface area contributed by atoms with Crippen LogP contribution in [-0.4, -0.2) is 50.5 Å². The van der Waals surface area contributed by atoms with Crippen LogP contribution in [0.2, 0.25) is 15.1 Å². The smallest absolute Gasteiger partial charge is 0.354 e. The van der Waals surface area contributed by atoms with Crippen LogP contribution in [0.25, 0.3) is 0 Å². The van der Waals surface area contributed by atoms with Gasteiger partial charge in [0.1, 0.15) is 12.6 Å². The van der Waals surface area contributed by atoms with Crippen LogP contribution in [0.3, 0.4) is 0 Å². The molecule has 0 saturated carbocycles. The summed E-state index contributed by atoms with van der Waals surface area (Å²) in [6.45, 7) is 1.10. The Kier molecular flexibility index (Phi) is 11.8. The van der Waals surface area contributed by atoms with Crippen molar-refractivity contribution >= 4 is 62.3 Å². The molecule has 232 valence electrons. The monoisotopic (exact) mass is 677 g/mol. The molecule has 0 bridgehead atoms. The van der Waals surface area contributed by atoms with Crippen LogP contribution in [0, 0.1) is 0 Å². The number of sulfonamides is 1. The van der Waals surface area contributed by atoms with Gasteiger partial charge < -0.3 is 10.2 Å². The lowest BCUT2D eigenvalue weighted by molar-refractivity contribution is -0.140. The molecule has 7 nitrogen and oxygen atoms in total. The summed E-state index contributed by atoms with van der Waals surface area (Å²) in [5, 5.41) is 2.61. The highest BCUT2D eigenvalue weighted by Crippen LogP contribution is 2.37. The molecule has 0 heterocycles. The lowest BCUT2D eigenvalue weighted by Gasteiger charge is -2.33. The Bertz CT molecular complexity index is 1560. The van der Waals surface area contributed by atoms with E-state index in [1.54, 1.807) is 36.4 Å². The van der Waals surface area contributed by atoms with Gasteiger partial charge in [-0.2, -0.15) is 13.2 Å². The number of halogens is 6. The van der Waals surface area contributed by atoms with E-state index in [0.29, 0.717) is 28.9 Å². The van der Waals surface area contributed by atoms with Crippen LogP contribution in [0.1, 0.15) is 30.0 Å². The summed E-state index contributed by atoms with van der Waals surface area (Å²) in [5.74, 6) is -1.33. The zero-order valence-electron chi connectivity index (χ0n) is 23.2. The molecule has 43 heavy (non-hydrogen) atoms. The van der Waals surface area contributed by atoms with Crippen LogP contribution in [0.5, 0.6) is 0 Å². The van der Waals surface area contributed by atoms with Gasteiger partial charge in [-0.05, 0) is 47.9 Å². The number of carbonyl (C=O) groups is 2. The highest BCUT2D eigenvalue weighted by molar-refractivity contribution is 7.92. The number of alkyl halides is 3. The van der Waals surface area contributed by atoms with E-state index >= 15 is 0 Å². The van der Waals surface area contributed by atoms with Gasteiger partial charge in [0.2, 0.25) is 21.8 Å². The minimum Gasteiger partial charge on any atom is -0.354 e. The third kappa shape index (κ3) is 9.50. The molecular weight excluding hydrogens is 650 g/mol. The lowest BCUT2D eigenvalue weighted by Crippen LogP contribution is -2.53. The largest absolute Gasteiger partial charge is 0.417 e. The lowest BCUT2D eigenvalue weighted by atomic mass is 10.0. The average Bonchev–Trinajstić information content (AvgIpc) is 2.93. The van der Waals surface area contributed by atoms with Crippen molar-refractivity contribution in [2.24, 2.45) is 0 Å². The van der Waals surface area contributed by atoms with Gasteiger partial charge in [0.15, 0.2) is 0 Å². The van der Waals surface area contributed by atoms with Gasteiger partial charge in [0, 0.05) is 19.5 Å². The van der Waals surface area contributed by atoms with Crippen LogP contribution in [0.15, 0.2) is 66.7 Å². The third-order valence-electron chi connectivity index (χ3n) is 6.38. The van der Waals surface area contributed by atoms with E-state index in [-0.39, 0.29) is 23.0 Å². The van der Waals surface area contributed by atoms with Crippen molar-refractivity contribution in [3.8, 4) is 0 Å². The summed E-state index contributed by atoms with van der Waals surface area (Å²) in [7, 11) is -4.29. The molecule has 2 amide bonds. The Morgan fingerprint density at radius 3 is 2.14 bits per heavy atom. The molecule has 0 saturated heterocycles. The molecule has 14 heteroatoms. The first-order valence-electron chi connectivity index (χ1n) is 13.0.